The zero-order valence-electron chi connectivity index (χ0n) is 15.9. The van der Waals surface area contributed by atoms with Crippen LogP contribution in [0.15, 0.2) is 47.7 Å². The van der Waals surface area contributed by atoms with E-state index in [2.05, 4.69) is 25.9 Å². The third-order valence-electron chi connectivity index (χ3n) is 3.95. The van der Waals surface area contributed by atoms with Gasteiger partial charge in [0, 0.05) is 43.7 Å². The molecule has 0 unspecified atom stereocenters. The first-order valence-corrected chi connectivity index (χ1v) is 9.39. The summed E-state index contributed by atoms with van der Waals surface area (Å²) in [5.74, 6) is 1.95. The number of fused-ring (bicyclic) bond motifs is 1. The van der Waals surface area contributed by atoms with Gasteiger partial charge in [-0.25, -0.2) is 0 Å². The fourth-order valence-corrected chi connectivity index (χ4v) is 2.62. The second-order valence-electron chi connectivity index (χ2n) is 6.10. The van der Waals surface area contributed by atoms with Crippen LogP contribution in [0.3, 0.4) is 0 Å². The normalized spacial score (nSPS) is 13.4. The van der Waals surface area contributed by atoms with Gasteiger partial charge in [-0.2, -0.15) is 0 Å². The van der Waals surface area contributed by atoms with Gasteiger partial charge in [0.1, 0.15) is 0 Å². The number of nitrogens with one attached hydrogen (secondary N) is 3. The van der Waals surface area contributed by atoms with Gasteiger partial charge in [0.05, 0.1) is 25.3 Å². The van der Waals surface area contributed by atoms with Crippen molar-refractivity contribution in [3.63, 3.8) is 0 Å². The maximum atomic E-state index is 12.0. The maximum Gasteiger partial charge on any atom is 0.252 e. The van der Waals surface area contributed by atoms with E-state index in [0.29, 0.717) is 37.8 Å². The molecule has 2 heterocycles. The Morgan fingerprint density at radius 3 is 2.82 bits per heavy atom. The lowest BCUT2D eigenvalue weighted by Gasteiger charge is -2.14. The Balaban J connectivity index is 1.55. The number of anilines is 1. The third kappa shape index (κ3) is 5.60. The highest BCUT2D eigenvalue weighted by Gasteiger charge is 2.11. The molecule has 0 saturated heterocycles. The molecule has 0 atom stereocenters. The molecule has 0 radical (unpaired) electrons. The molecule has 148 valence electrons. The van der Waals surface area contributed by atoms with Crippen LogP contribution in [0.2, 0.25) is 0 Å². The van der Waals surface area contributed by atoms with Crippen LogP contribution in [0.4, 0.5) is 5.69 Å². The summed E-state index contributed by atoms with van der Waals surface area (Å²) in [6.45, 7) is 4.88. The van der Waals surface area contributed by atoms with Gasteiger partial charge in [-0.1, -0.05) is 0 Å². The van der Waals surface area contributed by atoms with Gasteiger partial charge < -0.3 is 25.4 Å². The Hall–Kier alpha value is -3.29. The number of amides is 1. The van der Waals surface area contributed by atoms with Crippen LogP contribution in [0, 0.1) is 0 Å². The van der Waals surface area contributed by atoms with E-state index >= 15 is 0 Å². The Kier molecular flexibility index (Phi) is 7.06. The van der Waals surface area contributed by atoms with E-state index in [9.17, 15) is 4.79 Å². The van der Waals surface area contributed by atoms with Gasteiger partial charge in [0.15, 0.2) is 17.5 Å². The number of ether oxygens (including phenoxy) is 2. The largest absolute Gasteiger partial charge is 0.490 e. The topological polar surface area (TPSA) is 96.9 Å². The molecule has 8 nitrogen and oxygen atoms in total. The minimum absolute atomic E-state index is 0.163. The molecule has 0 aliphatic carbocycles. The molecule has 1 aromatic carbocycles. The van der Waals surface area contributed by atoms with Crippen molar-refractivity contribution in [1.82, 2.24) is 15.6 Å². The number of carbonyl (C=O) groups is 1. The van der Waals surface area contributed by atoms with Crippen molar-refractivity contribution >= 4 is 17.6 Å². The van der Waals surface area contributed by atoms with Crippen molar-refractivity contribution in [3.8, 4) is 11.5 Å². The first-order valence-electron chi connectivity index (χ1n) is 9.39. The van der Waals surface area contributed by atoms with Gasteiger partial charge in [0.2, 0.25) is 0 Å². The summed E-state index contributed by atoms with van der Waals surface area (Å²) in [6.07, 6.45) is 4.04. The van der Waals surface area contributed by atoms with Crippen LogP contribution in [-0.2, 0) is 0 Å². The quantitative estimate of drug-likeness (QED) is 0.401. The molecule has 8 heteroatoms. The van der Waals surface area contributed by atoms with E-state index in [1.54, 1.807) is 18.3 Å². The smallest absolute Gasteiger partial charge is 0.252 e. The first kappa shape index (κ1) is 19.5. The molecule has 28 heavy (non-hydrogen) atoms. The summed E-state index contributed by atoms with van der Waals surface area (Å²) < 4.78 is 11.4. The zero-order chi connectivity index (χ0) is 19.6. The van der Waals surface area contributed by atoms with Crippen molar-refractivity contribution in [2.75, 3.05) is 38.2 Å². The van der Waals surface area contributed by atoms with Crippen LogP contribution in [-0.4, -0.2) is 49.7 Å². The van der Waals surface area contributed by atoms with Crippen molar-refractivity contribution in [3.05, 3.63) is 48.3 Å². The second kappa shape index (κ2) is 10.1. The van der Waals surface area contributed by atoms with Gasteiger partial charge in [-0.05, 0) is 31.2 Å². The molecule has 3 N–H and O–H groups in total. The maximum absolute atomic E-state index is 12.0. The lowest BCUT2D eigenvalue weighted by molar-refractivity contribution is 0.0954. The Labute approximate surface area is 164 Å². The number of hydrogen-bond acceptors (Lipinski definition) is 5. The van der Waals surface area contributed by atoms with Crippen molar-refractivity contribution in [2.45, 2.75) is 13.3 Å². The Morgan fingerprint density at radius 2 is 2.04 bits per heavy atom. The number of aromatic nitrogens is 1. The van der Waals surface area contributed by atoms with E-state index in [1.807, 2.05) is 25.1 Å². The van der Waals surface area contributed by atoms with Crippen LogP contribution in [0.5, 0.6) is 11.5 Å². The number of benzene rings is 1. The summed E-state index contributed by atoms with van der Waals surface area (Å²) in [7, 11) is 0. The molecule has 1 aliphatic rings. The molecule has 0 saturated carbocycles. The number of carbonyl (C=O) groups excluding carboxylic acids is 1. The number of hydrogen-bond donors (Lipinski definition) is 3. The summed E-state index contributed by atoms with van der Waals surface area (Å²) in [4.78, 5) is 20.5. The SMILES string of the molecule is CCNC(=NCCNC(=O)c1cccnc1)Nc1ccc2c(c1)OCCCO2. The number of guanidine groups is 1. The predicted molar refractivity (Wildman–Crippen MR) is 108 cm³/mol. The zero-order valence-corrected chi connectivity index (χ0v) is 15.9. The van der Waals surface area contributed by atoms with Crippen molar-refractivity contribution in [1.29, 1.82) is 0 Å². The molecule has 1 amide bonds. The molecule has 2 aromatic rings. The molecule has 0 bridgehead atoms. The molecule has 1 aromatic heterocycles. The van der Waals surface area contributed by atoms with Crippen LogP contribution in [0.1, 0.15) is 23.7 Å². The van der Waals surface area contributed by atoms with Crippen molar-refractivity contribution in [2.24, 2.45) is 4.99 Å². The van der Waals surface area contributed by atoms with E-state index in [1.165, 1.54) is 6.20 Å². The number of aliphatic imine (C=N–C) groups is 1. The highest BCUT2D eigenvalue weighted by Crippen LogP contribution is 2.32. The summed E-state index contributed by atoms with van der Waals surface area (Å²) in [5.41, 5.74) is 1.38. The van der Waals surface area contributed by atoms with Gasteiger partial charge >= 0.3 is 0 Å². The van der Waals surface area contributed by atoms with Gasteiger partial charge in [-0.3, -0.25) is 14.8 Å². The number of nitrogens with zero attached hydrogens (tertiary/aromatic N) is 2. The monoisotopic (exact) mass is 383 g/mol. The van der Waals surface area contributed by atoms with Gasteiger partial charge in [-0.15, -0.1) is 0 Å². The average Bonchev–Trinajstić information content (AvgIpc) is 2.97. The van der Waals surface area contributed by atoms with Crippen LogP contribution < -0.4 is 25.4 Å². The molecule has 1 aliphatic heterocycles. The molecular weight excluding hydrogens is 358 g/mol. The third-order valence-corrected chi connectivity index (χ3v) is 3.95. The summed E-state index contributed by atoms with van der Waals surface area (Å²) in [5, 5.41) is 9.27. The second-order valence-corrected chi connectivity index (χ2v) is 6.10. The highest BCUT2D eigenvalue weighted by atomic mass is 16.5. The van der Waals surface area contributed by atoms with Crippen LogP contribution in [0.25, 0.3) is 0 Å². The predicted octanol–water partition coefficient (Wildman–Crippen LogP) is 2.05. The highest BCUT2D eigenvalue weighted by molar-refractivity contribution is 5.94. The number of pyridine rings is 1. The standard InChI is InChI=1S/C20H25N5O3/c1-2-22-20(24-10-9-23-19(26)15-5-3-8-21-14-15)25-16-6-7-17-18(13-16)28-12-4-11-27-17/h3,5-8,13-14H,2,4,9-12H2,1H3,(H,23,26)(H2,22,24,25). The van der Waals surface area contributed by atoms with E-state index in [-0.39, 0.29) is 5.91 Å². The fourth-order valence-electron chi connectivity index (χ4n) is 2.62. The Morgan fingerprint density at radius 1 is 1.18 bits per heavy atom. The first-order chi connectivity index (χ1) is 13.8. The molecule has 3 rings (SSSR count). The molecule has 0 spiro atoms. The summed E-state index contributed by atoms with van der Waals surface area (Å²) in [6, 6.07) is 9.17. The van der Waals surface area contributed by atoms with Crippen molar-refractivity contribution < 1.29 is 14.3 Å². The Bertz CT molecular complexity index is 811. The minimum Gasteiger partial charge on any atom is -0.490 e. The van der Waals surface area contributed by atoms with Crippen LogP contribution >= 0.6 is 0 Å². The lowest BCUT2D eigenvalue weighted by atomic mass is 10.2. The van der Waals surface area contributed by atoms with E-state index in [4.69, 9.17) is 9.47 Å². The van der Waals surface area contributed by atoms with E-state index in [0.717, 1.165) is 30.2 Å². The molecule has 0 fully saturated rings. The minimum atomic E-state index is -0.163. The van der Waals surface area contributed by atoms with E-state index < -0.39 is 0 Å². The lowest BCUT2D eigenvalue weighted by Crippen LogP contribution is -2.32. The fraction of sp³-hybridized carbons (Fsp3) is 0.350. The average molecular weight is 383 g/mol. The summed E-state index contributed by atoms with van der Waals surface area (Å²) >= 11 is 0. The number of rotatable bonds is 6. The van der Waals surface area contributed by atoms with Gasteiger partial charge in [0.25, 0.3) is 5.91 Å². The molecular formula is C20H25N5O3.